The van der Waals surface area contributed by atoms with Crippen molar-refractivity contribution < 1.29 is 13.9 Å². The van der Waals surface area contributed by atoms with Crippen LogP contribution in [0.4, 0.5) is 0 Å². The van der Waals surface area contributed by atoms with Crippen molar-refractivity contribution in [2.24, 2.45) is 0 Å². The van der Waals surface area contributed by atoms with Crippen molar-refractivity contribution in [2.45, 2.75) is 19.5 Å². The van der Waals surface area contributed by atoms with E-state index < -0.39 is 0 Å². The van der Waals surface area contributed by atoms with Crippen LogP contribution in [0, 0.1) is 0 Å². The fourth-order valence-corrected chi connectivity index (χ4v) is 2.45. The average Bonchev–Trinajstić information content (AvgIpc) is 3.03. The number of nitrogens with zero attached hydrogens (tertiary/aromatic N) is 3. The molecule has 3 heterocycles. The van der Waals surface area contributed by atoms with Crippen molar-refractivity contribution in [3.8, 4) is 5.88 Å². The number of ether oxygens (including phenoxy) is 1. The molecule has 7 heteroatoms. The summed E-state index contributed by atoms with van der Waals surface area (Å²) in [4.78, 5) is 13.9. The Balaban J connectivity index is 1.73. The molecule has 2 aromatic rings. The Kier molecular flexibility index (Phi) is 3.52. The van der Waals surface area contributed by atoms with Crippen LogP contribution in [0.5, 0.6) is 5.88 Å². The van der Waals surface area contributed by atoms with Gasteiger partial charge in [0.05, 0.1) is 13.2 Å². The summed E-state index contributed by atoms with van der Waals surface area (Å²) in [6.45, 7) is 1.86. The molecular weight excluding hydrogens is 326 g/mol. The Morgan fingerprint density at radius 1 is 1.55 bits per heavy atom. The normalized spacial score (nSPS) is 13.7. The van der Waals surface area contributed by atoms with E-state index in [0.717, 1.165) is 13.0 Å². The van der Waals surface area contributed by atoms with Gasteiger partial charge in [0, 0.05) is 26.1 Å². The quantitative estimate of drug-likeness (QED) is 0.860. The molecule has 0 N–H and O–H groups in total. The molecule has 0 saturated carbocycles. The van der Waals surface area contributed by atoms with E-state index in [1.807, 2.05) is 6.07 Å². The average molecular weight is 340 g/mol. The van der Waals surface area contributed by atoms with E-state index in [0.29, 0.717) is 35.2 Å². The van der Waals surface area contributed by atoms with Gasteiger partial charge in [-0.25, -0.2) is 4.68 Å². The van der Waals surface area contributed by atoms with Crippen LogP contribution in [0.3, 0.4) is 0 Å². The first-order valence-corrected chi connectivity index (χ1v) is 7.13. The third-order valence-corrected chi connectivity index (χ3v) is 3.52. The van der Waals surface area contributed by atoms with Gasteiger partial charge in [0.15, 0.2) is 10.4 Å². The van der Waals surface area contributed by atoms with Crippen LogP contribution in [0.2, 0.25) is 0 Å². The number of furan rings is 1. The number of aromatic nitrogens is 2. The summed E-state index contributed by atoms with van der Waals surface area (Å²) in [6, 6.07) is 5.32. The van der Waals surface area contributed by atoms with Crippen molar-refractivity contribution in [1.82, 2.24) is 14.7 Å². The van der Waals surface area contributed by atoms with Gasteiger partial charge in [0.1, 0.15) is 5.76 Å². The molecule has 0 radical (unpaired) electrons. The van der Waals surface area contributed by atoms with Crippen molar-refractivity contribution in [2.75, 3.05) is 13.7 Å². The molecule has 0 unspecified atom stereocenters. The number of rotatable bonds is 3. The lowest BCUT2D eigenvalue weighted by atomic mass is 10.3. The number of amides is 1. The SMILES string of the molecule is CN(Cc1ccc(Br)o1)C(=O)c1cc2n(n1)CCCO2. The first-order valence-electron chi connectivity index (χ1n) is 6.34. The molecule has 0 saturated heterocycles. The molecule has 20 heavy (non-hydrogen) atoms. The lowest BCUT2D eigenvalue weighted by molar-refractivity contribution is 0.0768. The van der Waals surface area contributed by atoms with Gasteiger partial charge in [0.2, 0.25) is 5.88 Å². The molecule has 1 amide bonds. The molecule has 0 bridgehead atoms. The van der Waals surface area contributed by atoms with E-state index in [4.69, 9.17) is 9.15 Å². The Bertz CT molecular complexity index is 611. The Morgan fingerprint density at radius 3 is 3.10 bits per heavy atom. The number of hydrogen-bond donors (Lipinski definition) is 0. The van der Waals surface area contributed by atoms with E-state index in [1.165, 1.54) is 0 Å². The zero-order chi connectivity index (χ0) is 14.1. The summed E-state index contributed by atoms with van der Waals surface area (Å²) in [5.41, 5.74) is 0.398. The fraction of sp³-hybridized carbons (Fsp3) is 0.385. The first kappa shape index (κ1) is 13.2. The Morgan fingerprint density at radius 2 is 2.40 bits per heavy atom. The highest BCUT2D eigenvalue weighted by molar-refractivity contribution is 9.10. The predicted octanol–water partition coefficient (Wildman–Crippen LogP) is 2.29. The summed E-state index contributed by atoms with van der Waals surface area (Å²) in [6.07, 6.45) is 0.915. The third kappa shape index (κ3) is 2.58. The molecule has 1 aliphatic rings. The maximum absolute atomic E-state index is 12.3. The molecule has 6 nitrogen and oxygen atoms in total. The summed E-state index contributed by atoms with van der Waals surface area (Å²) >= 11 is 3.24. The largest absolute Gasteiger partial charge is 0.478 e. The standard InChI is InChI=1S/C13H14BrN3O3/c1-16(8-9-3-4-11(14)20-9)13(18)10-7-12-17(15-10)5-2-6-19-12/h3-4,7H,2,5-6,8H2,1H3. The summed E-state index contributed by atoms with van der Waals surface area (Å²) in [7, 11) is 1.72. The minimum absolute atomic E-state index is 0.150. The summed E-state index contributed by atoms with van der Waals surface area (Å²) in [5, 5.41) is 4.28. The van der Waals surface area contributed by atoms with Crippen LogP contribution in [-0.4, -0.2) is 34.2 Å². The zero-order valence-electron chi connectivity index (χ0n) is 11.0. The first-order chi connectivity index (χ1) is 9.63. The van der Waals surface area contributed by atoms with Crippen LogP contribution in [0.25, 0.3) is 0 Å². The van der Waals surface area contributed by atoms with Crippen molar-refractivity contribution >= 4 is 21.8 Å². The second kappa shape index (κ2) is 5.32. The second-order valence-electron chi connectivity index (χ2n) is 4.66. The maximum atomic E-state index is 12.3. The van der Waals surface area contributed by atoms with Gasteiger partial charge in [-0.05, 0) is 28.1 Å². The summed E-state index contributed by atoms with van der Waals surface area (Å²) in [5.74, 6) is 1.23. The van der Waals surface area contributed by atoms with Gasteiger partial charge >= 0.3 is 0 Å². The molecule has 0 spiro atoms. The van der Waals surface area contributed by atoms with Crippen LogP contribution >= 0.6 is 15.9 Å². The number of aryl methyl sites for hydroxylation is 1. The monoisotopic (exact) mass is 339 g/mol. The molecule has 0 aliphatic carbocycles. The van der Waals surface area contributed by atoms with Gasteiger partial charge in [0.25, 0.3) is 5.91 Å². The zero-order valence-corrected chi connectivity index (χ0v) is 12.6. The molecule has 3 rings (SSSR count). The third-order valence-electron chi connectivity index (χ3n) is 3.09. The predicted molar refractivity (Wildman–Crippen MR) is 74.5 cm³/mol. The summed E-state index contributed by atoms with van der Waals surface area (Å²) < 4.78 is 13.2. The number of fused-ring (bicyclic) bond motifs is 1. The van der Waals surface area contributed by atoms with Crippen LogP contribution < -0.4 is 4.74 Å². The molecule has 2 aromatic heterocycles. The van der Waals surface area contributed by atoms with Crippen LogP contribution in [0.15, 0.2) is 27.3 Å². The van der Waals surface area contributed by atoms with Gasteiger partial charge in [-0.3, -0.25) is 4.79 Å². The number of halogens is 1. The molecule has 1 aliphatic heterocycles. The Labute approximate surface area is 124 Å². The highest BCUT2D eigenvalue weighted by Gasteiger charge is 2.21. The van der Waals surface area contributed by atoms with Gasteiger partial charge < -0.3 is 14.1 Å². The van der Waals surface area contributed by atoms with Gasteiger partial charge in [-0.2, -0.15) is 5.10 Å². The highest BCUT2D eigenvalue weighted by Crippen LogP contribution is 2.20. The lowest BCUT2D eigenvalue weighted by Gasteiger charge is -2.14. The second-order valence-corrected chi connectivity index (χ2v) is 5.44. The van der Waals surface area contributed by atoms with E-state index >= 15 is 0 Å². The van der Waals surface area contributed by atoms with Crippen LogP contribution in [0.1, 0.15) is 22.7 Å². The maximum Gasteiger partial charge on any atom is 0.274 e. The van der Waals surface area contributed by atoms with Crippen molar-refractivity contribution in [1.29, 1.82) is 0 Å². The van der Waals surface area contributed by atoms with E-state index in [1.54, 1.807) is 28.8 Å². The van der Waals surface area contributed by atoms with E-state index in [-0.39, 0.29) is 5.91 Å². The molecule has 106 valence electrons. The van der Waals surface area contributed by atoms with Gasteiger partial charge in [-0.15, -0.1) is 0 Å². The van der Waals surface area contributed by atoms with Crippen LogP contribution in [-0.2, 0) is 13.1 Å². The fourth-order valence-electron chi connectivity index (χ4n) is 2.11. The topological polar surface area (TPSA) is 60.5 Å². The minimum atomic E-state index is -0.150. The van der Waals surface area contributed by atoms with Crippen molar-refractivity contribution in [3.05, 3.63) is 34.3 Å². The Hall–Kier alpha value is -1.76. The molecule has 0 aromatic carbocycles. The van der Waals surface area contributed by atoms with E-state index in [2.05, 4.69) is 21.0 Å². The molecule has 0 fully saturated rings. The van der Waals surface area contributed by atoms with Gasteiger partial charge in [-0.1, -0.05) is 0 Å². The van der Waals surface area contributed by atoms with Crippen molar-refractivity contribution in [3.63, 3.8) is 0 Å². The lowest BCUT2D eigenvalue weighted by Crippen LogP contribution is -2.26. The highest BCUT2D eigenvalue weighted by atomic mass is 79.9. The van der Waals surface area contributed by atoms with E-state index in [9.17, 15) is 4.79 Å². The smallest absolute Gasteiger partial charge is 0.274 e. The molecule has 0 atom stereocenters. The number of hydrogen-bond acceptors (Lipinski definition) is 4. The number of carbonyl (C=O) groups is 1. The number of carbonyl (C=O) groups excluding carboxylic acids is 1. The molecular formula is C13H14BrN3O3. The minimum Gasteiger partial charge on any atom is -0.478 e.